The summed E-state index contributed by atoms with van der Waals surface area (Å²) in [5, 5.41) is 1.77. The van der Waals surface area contributed by atoms with Crippen molar-refractivity contribution >= 4 is 39.2 Å². The lowest BCUT2D eigenvalue weighted by atomic mass is 10.0. The van der Waals surface area contributed by atoms with Gasteiger partial charge in [0.25, 0.3) is 0 Å². The third-order valence-electron chi connectivity index (χ3n) is 5.12. The first-order valence-corrected chi connectivity index (χ1v) is 12.4. The summed E-state index contributed by atoms with van der Waals surface area (Å²) in [6, 6.07) is 31.6. The van der Waals surface area contributed by atoms with E-state index in [1.54, 1.807) is 0 Å². The minimum atomic E-state index is 0.663. The van der Waals surface area contributed by atoms with Crippen LogP contribution in [0.2, 0.25) is 0 Å². The second-order valence-corrected chi connectivity index (χ2v) is 9.89. The van der Waals surface area contributed by atoms with Gasteiger partial charge in [-0.2, -0.15) is 0 Å². The molecule has 1 aliphatic carbocycles. The molecule has 1 nitrogen and oxygen atoms in total. The number of hydrogen-bond donors (Lipinski definition) is 0. The maximum absolute atomic E-state index is 5.05. The van der Waals surface area contributed by atoms with Crippen LogP contribution in [0.15, 0.2) is 107 Å². The van der Waals surface area contributed by atoms with Crippen LogP contribution >= 0.6 is 23.5 Å². The third-order valence-corrected chi connectivity index (χ3v) is 7.46. The molecule has 3 aromatic rings. The quantitative estimate of drug-likeness (QED) is 0.221. The summed E-state index contributed by atoms with van der Waals surface area (Å²) in [6.45, 7) is 0. The summed E-state index contributed by atoms with van der Waals surface area (Å²) in [7, 11) is 0. The second kappa shape index (κ2) is 11.2. The highest BCUT2D eigenvalue weighted by atomic mass is 32.2. The average molecular weight is 430 g/mol. The lowest BCUT2D eigenvalue weighted by molar-refractivity contribution is 0.517. The summed E-state index contributed by atoms with van der Waals surface area (Å²) < 4.78 is 0. The number of para-hydroxylation sites is 1. The van der Waals surface area contributed by atoms with E-state index in [0.29, 0.717) is 5.25 Å². The van der Waals surface area contributed by atoms with Gasteiger partial charge in [0.15, 0.2) is 0 Å². The van der Waals surface area contributed by atoms with Crippen molar-refractivity contribution in [2.24, 2.45) is 4.99 Å². The number of rotatable bonds is 6. The second-order valence-electron chi connectivity index (χ2n) is 7.45. The molecule has 0 N–H and O–H groups in total. The van der Waals surface area contributed by atoms with Gasteiger partial charge in [-0.15, -0.1) is 11.8 Å². The van der Waals surface area contributed by atoms with Gasteiger partial charge < -0.3 is 0 Å². The fraction of sp³-hybridized carbons (Fsp3) is 0.222. The van der Waals surface area contributed by atoms with Crippen molar-refractivity contribution in [2.75, 3.05) is 0 Å². The molecule has 0 saturated heterocycles. The van der Waals surface area contributed by atoms with Gasteiger partial charge in [0.05, 0.1) is 10.7 Å². The van der Waals surface area contributed by atoms with E-state index >= 15 is 0 Å². The van der Waals surface area contributed by atoms with Crippen molar-refractivity contribution in [3.05, 3.63) is 103 Å². The van der Waals surface area contributed by atoms with Gasteiger partial charge in [-0.3, -0.25) is 0 Å². The van der Waals surface area contributed by atoms with Crippen molar-refractivity contribution < 1.29 is 0 Å². The minimum Gasteiger partial charge on any atom is -0.242 e. The van der Waals surface area contributed by atoms with E-state index in [0.717, 1.165) is 10.7 Å². The lowest BCUT2D eigenvalue weighted by Gasteiger charge is -2.21. The molecule has 0 bridgehead atoms. The van der Waals surface area contributed by atoms with E-state index in [2.05, 4.69) is 91.0 Å². The summed E-state index contributed by atoms with van der Waals surface area (Å²) in [6.07, 6.45) is 8.92. The maximum atomic E-state index is 5.05. The SMILES string of the molecule is C(/C(=Nc1ccccc1)SC1CCCCC1)=C(/Sc1ccccc1)c1ccccc1. The molecule has 1 saturated carbocycles. The Hall–Kier alpha value is -2.23. The Balaban J connectivity index is 1.69. The summed E-state index contributed by atoms with van der Waals surface area (Å²) in [5.74, 6) is 0. The molecule has 0 heterocycles. The van der Waals surface area contributed by atoms with Crippen LogP contribution in [-0.2, 0) is 0 Å². The van der Waals surface area contributed by atoms with Crippen LogP contribution < -0.4 is 0 Å². The fourth-order valence-electron chi connectivity index (χ4n) is 3.58. The van der Waals surface area contributed by atoms with E-state index in [9.17, 15) is 0 Å². The van der Waals surface area contributed by atoms with Gasteiger partial charge in [0, 0.05) is 15.1 Å². The molecular weight excluding hydrogens is 402 g/mol. The van der Waals surface area contributed by atoms with Gasteiger partial charge in [0.1, 0.15) is 0 Å². The van der Waals surface area contributed by atoms with Gasteiger partial charge in [-0.05, 0) is 48.7 Å². The topological polar surface area (TPSA) is 12.4 Å². The number of thioether (sulfide) groups is 2. The maximum Gasteiger partial charge on any atom is 0.0981 e. The monoisotopic (exact) mass is 429 g/mol. The van der Waals surface area contributed by atoms with Gasteiger partial charge in [-0.25, -0.2) is 4.99 Å². The highest BCUT2D eigenvalue weighted by molar-refractivity contribution is 8.15. The molecule has 0 aromatic heterocycles. The molecule has 0 radical (unpaired) electrons. The number of hydrogen-bond acceptors (Lipinski definition) is 3. The molecule has 0 spiro atoms. The molecule has 0 aliphatic heterocycles. The summed E-state index contributed by atoms with van der Waals surface area (Å²) in [5.41, 5.74) is 2.25. The first kappa shape index (κ1) is 21.0. The molecule has 0 atom stereocenters. The Labute approximate surface area is 188 Å². The zero-order chi connectivity index (χ0) is 20.4. The van der Waals surface area contributed by atoms with Crippen LogP contribution in [0.4, 0.5) is 5.69 Å². The van der Waals surface area contributed by atoms with Crippen LogP contribution in [0.25, 0.3) is 4.91 Å². The van der Waals surface area contributed by atoms with E-state index in [4.69, 9.17) is 4.99 Å². The Kier molecular flexibility index (Phi) is 7.88. The molecule has 1 aliphatic rings. The molecule has 1 fully saturated rings. The highest BCUT2D eigenvalue weighted by Gasteiger charge is 2.17. The van der Waals surface area contributed by atoms with Crippen molar-refractivity contribution in [1.82, 2.24) is 0 Å². The summed E-state index contributed by atoms with van der Waals surface area (Å²) >= 11 is 3.76. The molecule has 0 amide bonds. The first-order chi connectivity index (χ1) is 14.9. The summed E-state index contributed by atoms with van der Waals surface area (Å²) in [4.78, 5) is 7.53. The Morgan fingerprint density at radius 1 is 0.733 bits per heavy atom. The average Bonchev–Trinajstić information content (AvgIpc) is 2.81. The van der Waals surface area contributed by atoms with Crippen molar-refractivity contribution in [3.8, 4) is 0 Å². The molecule has 152 valence electrons. The zero-order valence-corrected chi connectivity index (χ0v) is 18.7. The fourth-order valence-corrected chi connectivity index (χ4v) is 5.88. The van der Waals surface area contributed by atoms with Crippen LogP contribution in [0.3, 0.4) is 0 Å². The minimum absolute atomic E-state index is 0.663. The van der Waals surface area contributed by atoms with E-state index in [1.807, 2.05) is 29.6 Å². The van der Waals surface area contributed by atoms with Gasteiger partial charge in [0.2, 0.25) is 0 Å². The number of aliphatic imine (C=N–C) groups is 1. The Bertz CT molecular complexity index is 960. The molecular formula is C27H27NS2. The third kappa shape index (κ3) is 6.38. The molecule has 0 unspecified atom stereocenters. The highest BCUT2D eigenvalue weighted by Crippen LogP contribution is 2.37. The predicted molar refractivity (Wildman–Crippen MR) is 135 cm³/mol. The lowest BCUT2D eigenvalue weighted by Crippen LogP contribution is -2.10. The van der Waals surface area contributed by atoms with Crippen molar-refractivity contribution in [3.63, 3.8) is 0 Å². The van der Waals surface area contributed by atoms with Crippen molar-refractivity contribution in [2.45, 2.75) is 42.2 Å². The zero-order valence-electron chi connectivity index (χ0n) is 17.1. The van der Waals surface area contributed by atoms with E-state index < -0.39 is 0 Å². The molecule has 3 aromatic carbocycles. The van der Waals surface area contributed by atoms with Crippen LogP contribution in [0.1, 0.15) is 37.7 Å². The first-order valence-electron chi connectivity index (χ1n) is 10.7. The van der Waals surface area contributed by atoms with Crippen LogP contribution in [0, 0.1) is 0 Å². The van der Waals surface area contributed by atoms with E-state index in [1.165, 1.54) is 47.5 Å². The van der Waals surface area contributed by atoms with Crippen LogP contribution in [0.5, 0.6) is 0 Å². The molecule has 4 rings (SSSR count). The largest absolute Gasteiger partial charge is 0.242 e. The van der Waals surface area contributed by atoms with Gasteiger partial charge >= 0.3 is 0 Å². The Morgan fingerprint density at radius 2 is 1.33 bits per heavy atom. The normalized spacial score (nSPS) is 15.9. The van der Waals surface area contributed by atoms with Crippen LogP contribution in [-0.4, -0.2) is 10.3 Å². The molecule has 3 heteroatoms. The van der Waals surface area contributed by atoms with E-state index in [-0.39, 0.29) is 0 Å². The smallest absolute Gasteiger partial charge is 0.0981 e. The predicted octanol–water partition coefficient (Wildman–Crippen LogP) is 8.62. The van der Waals surface area contributed by atoms with Gasteiger partial charge in [-0.1, -0.05) is 97.8 Å². The number of benzene rings is 3. The Morgan fingerprint density at radius 3 is 2.00 bits per heavy atom. The van der Waals surface area contributed by atoms with Crippen molar-refractivity contribution in [1.29, 1.82) is 0 Å². The standard InChI is InChI=1S/C27H27NS2/c1-5-13-22(14-6-1)26(29-24-17-9-3-10-18-24)21-27(28-23-15-7-2-8-16-23)30-25-19-11-4-12-20-25/h1-3,5-10,13-18,21,25H,4,11-12,19-20H2/b26-21-,28-27?. The molecule has 30 heavy (non-hydrogen) atoms. The number of nitrogens with zero attached hydrogens (tertiary/aromatic N) is 1.